The summed E-state index contributed by atoms with van der Waals surface area (Å²) in [7, 11) is -3.26. The van der Waals surface area contributed by atoms with Gasteiger partial charge in [-0.05, 0) is 55.9 Å². The normalized spacial score (nSPS) is 18.0. The zero-order chi connectivity index (χ0) is 44.5. The number of sulfone groups is 1. The predicted molar refractivity (Wildman–Crippen MR) is 238 cm³/mol. The van der Waals surface area contributed by atoms with Crippen molar-refractivity contribution in [3.05, 3.63) is 0 Å². The second-order valence-electron chi connectivity index (χ2n) is 15.4. The highest BCUT2D eigenvalue weighted by Crippen LogP contribution is 2.50. The molecule has 2 aliphatic rings. The quantitative estimate of drug-likeness (QED) is 0.0807. The van der Waals surface area contributed by atoms with Crippen LogP contribution in [0.1, 0.15) is 154 Å². The van der Waals surface area contributed by atoms with Gasteiger partial charge in [0.05, 0.1) is 27.5 Å². The third-order valence-electron chi connectivity index (χ3n) is 10.1. The van der Waals surface area contributed by atoms with Crippen molar-refractivity contribution >= 4 is 69.2 Å². The topological polar surface area (TPSA) is 188 Å². The average Bonchev–Trinajstić information content (AvgIpc) is 3.55. The molecular weight excluding hydrogens is 787 g/mol. The molecule has 4 unspecified atom stereocenters. The smallest absolute Gasteiger partial charge is 0.315 e. The van der Waals surface area contributed by atoms with Gasteiger partial charge in [0.2, 0.25) is 17.6 Å². The highest BCUT2D eigenvalue weighted by atomic mass is 32.2. The molecular formula is C41H79N5O8S3. The molecule has 0 aromatic heterocycles. The standard InChI is InChI=1S/C19H40N2O3S.C16H23N3O5S2.C4H10.C2H6/c1-8-12-14-19(13-9-2,16(10-3)25(7,23)24)21-17(22)20-15-18(5,6)11-4;1-10(13(22)15(24)17-4-5-20)18-14(23)12-8-16(9-19(12)11(2)21)25-6-3-7-26-16;1-3-4-2;1-2/h16H,8-15H2,1-7H3,(H2,20,21,22);5,10,12H,3-4,6-9H2,1-2H3,(H,17,24)(H,18,23);3-4H2,1-2H3;1-2H3. The van der Waals surface area contributed by atoms with Gasteiger partial charge in [0.15, 0.2) is 9.84 Å². The Morgan fingerprint density at radius 3 is 1.93 bits per heavy atom. The Kier molecular flexibility index (Phi) is 28.9. The van der Waals surface area contributed by atoms with Crippen LogP contribution in [-0.4, -0.2) is 113 Å². The van der Waals surface area contributed by atoms with Crippen LogP contribution in [0.15, 0.2) is 0 Å². The maximum absolute atomic E-state index is 12.7. The van der Waals surface area contributed by atoms with Crippen molar-refractivity contribution in [1.82, 2.24) is 26.2 Å². The first-order valence-corrected chi connectivity index (χ1v) is 25.0. The second kappa shape index (κ2) is 29.0. The zero-order valence-electron chi connectivity index (χ0n) is 37.6. The summed E-state index contributed by atoms with van der Waals surface area (Å²) in [6.45, 7) is 24.3. The van der Waals surface area contributed by atoms with Gasteiger partial charge in [-0.15, -0.1) is 23.5 Å². The summed E-state index contributed by atoms with van der Waals surface area (Å²) < 4.78 is 24.7. The van der Waals surface area contributed by atoms with E-state index >= 15 is 0 Å². The number of nitrogens with one attached hydrogen (secondary N) is 4. The maximum Gasteiger partial charge on any atom is 0.315 e. The van der Waals surface area contributed by atoms with E-state index < -0.39 is 50.3 Å². The molecule has 0 bridgehead atoms. The molecule has 0 radical (unpaired) electrons. The van der Waals surface area contributed by atoms with Crippen molar-refractivity contribution in [2.45, 2.75) is 181 Å². The number of aldehydes is 1. The Morgan fingerprint density at radius 1 is 0.912 bits per heavy atom. The van der Waals surface area contributed by atoms with Crippen molar-refractivity contribution in [1.29, 1.82) is 0 Å². The Balaban J connectivity index is 0. The van der Waals surface area contributed by atoms with Gasteiger partial charge in [0, 0.05) is 32.7 Å². The van der Waals surface area contributed by atoms with Crippen LogP contribution < -0.4 is 21.3 Å². The molecule has 16 heteroatoms. The first kappa shape index (κ1) is 56.8. The fourth-order valence-electron chi connectivity index (χ4n) is 6.43. The summed E-state index contributed by atoms with van der Waals surface area (Å²) in [6, 6.07) is -1.95. The third-order valence-corrected chi connectivity index (χ3v) is 15.2. The highest BCUT2D eigenvalue weighted by Gasteiger charge is 2.50. The van der Waals surface area contributed by atoms with E-state index in [2.05, 4.69) is 62.8 Å². The molecule has 1 spiro atoms. The number of carbonyl (C=O) groups excluding carboxylic acids is 6. The largest absolute Gasteiger partial charge is 0.344 e. The Labute approximate surface area is 354 Å². The van der Waals surface area contributed by atoms with Crippen LogP contribution in [-0.2, 0) is 33.8 Å². The van der Waals surface area contributed by atoms with E-state index in [-0.39, 0.29) is 28.0 Å². The molecule has 4 atom stereocenters. The number of amides is 5. The molecule has 334 valence electrons. The molecule has 5 amide bonds. The van der Waals surface area contributed by atoms with Crippen molar-refractivity contribution in [3.63, 3.8) is 0 Å². The van der Waals surface area contributed by atoms with Crippen LogP contribution in [0.25, 0.3) is 0 Å². The minimum atomic E-state index is -3.26. The first-order chi connectivity index (χ1) is 26.7. The molecule has 4 N–H and O–H groups in total. The molecule has 0 aromatic rings. The first-order valence-electron chi connectivity index (χ1n) is 21.0. The number of hydrogen-bond donors (Lipinski definition) is 4. The molecule has 0 saturated carbocycles. The lowest BCUT2D eigenvalue weighted by molar-refractivity contribution is -0.141. The number of nitrogens with zero attached hydrogens (tertiary/aromatic N) is 1. The van der Waals surface area contributed by atoms with Crippen molar-refractivity contribution in [3.8, 4) is 0 Å². The number of Topliss-reactive ketones (excluding diaryl/α,β-unsaturated/α-hetero) is 1. The van der Waals surface area contributed by atoms with Crippen LogP contribution in [0.5, 0.6) is 0 Å². The van der Waals surface area contributed by atoms with Crippen molar-refractivity contribution < 1.29 is 37.2 Å². The van der Waals surface area contributed by atoms with Gasteiger partial charge in [-0.1, -0.05) is 101 Å². The lowest BCUT2D eigenvalue weighted by Crippen LogP contribution is -2.61. The molecule has 13 nitrogen and oxygen atoms in total. The molecule has 0 aliphatic carbocycles. The van der Waals surface area contributed by atoms with Crippen LogP contribution in [0, 0.1) is 5.41 Å². The molecule has 2 rings (SSSR count). The molecule has 2 saturated heterocycles. The Morgan fingerprint density at radius 2 is 1.49 bits per heavy atom. The number of hydrogen-bond acceptors (Lipinski definition) is 10. The van der Waals surface area contributed by atoms with Gasteiger partial charge in [-0.3, -0.25) is 19.2 Å². The molecule has 57 heavy (non-hydrogen) atoms. The van der Waals surface area contributed by atoms with E-state index in [4.69, 9.17) is 0 Å². The fourth-order valence-corrected chi connectivity index (χ4v) is 11.5. The summed E-state index contributed by atoms with van der Waals surface area (Å²) in [5, 5.41) is 10.2. The molecule has 2 aliphatic heterocycles. The summed E-state index contributed by atoms with van der Waals surface area (Å²) in [5.74, 6) is -0.375. The van der Waals surface area contributed by atoms with E-state index in [9.17, 15) is 37.2 Å². The minimum Gasteiger partial charge on any atom is -0.344 e. The minimum absolute atomic E-state index is 0.0230. The van der Waals surface area contributed by atoms with E-state index in [0.29, 0.717) is 45.1 Å². The predicted octanol–water partition coefficient (Wildman–Crippen LogP) is 6.67. The Bertz CT molecular complexity index is 1340. The summed E-state index contributed by atoms with van der Waals surface area (Å²) in [6.07, 6.45) is 11.5. The maximum atomic E-state index is 12.7. The number of carbonyl (C=O) groups is 6. The van der Waals surface area contributed by atoms with Gasteiger partial charge in [-0.2, -0.15) is 0 Å². The van der Waals surface area contributed by atoms with Gasteiger partial charge in [0.1, 0.15) is 12.3 Å². The van der Waals surface area contributed by atoms with Crippen LogP contribution in [0.3, 0.4) is 0 Å². The van der Waals surface area contributed by atoms with Crippen molar-refractivity contribution in [2.75, 3.05) is 37.4 Å². The zero-order valence-corrected chi connectivity index (χ0v) is 40.0. The highest BCUT2D eigenvalue weighted by molar-refractivity contribution is 8.18. The van der Waals surface area contributed by atoms with Crippen LogP contribution >= 0.6 is 23.5 Å². The van der Waals surface area contributed by atoms with Crippen LogP contribution in [0.4, 0.5) is 4.79 Å². The third kappa shape index (κ3) is 20.5. The summed E-state index contributed by atoms with van der Waals surface area (Å²) in [4.78, 5) is 72.7. The monoisotopic (exact) mass is 866 g/mol. The number of thioether (sulfide) groups is 2. The number of ketones is 1. The number of rotatable bonds is 19. The van der Waals surface area contributed by atoms with E-state index in [1.54, 1.807) is 28.4 Å². The second-order valence-corrected chi connectivity index (χ2v) is 20.8. The Hall–Kier alpha value is -2.33. The summed E-state index contributed by atoms with van der Waals surface area (Å²) >= 11 is 3.56. The van der Waals surface area contributed by atoms with Crippen molar-refractivity contribution in [2.24, 2.45) is 5.41 Å². The molecule has 0 aromatic carbocycles. The van der Waals surface area contributed by atoms with Gasteiger partial charge < -0.3 is 31.0 Å². The average molecular weight is 866 g/mol. The fraction of sp³-hybridized carbons (Fsp3) is 0.854. The van der Waals surface area contributed by atoms with E-state index in [1.807, 2.05) is 27.7 Å². The van der Waals surface area contributed by atoms with Gasteiger partial charge >= 0.3 is 6.03 Å². The number of unbranched alkanes of at least 4 members (excludes halogenated alkanes) is 2. The number of likely N-dealkylation sites (tertiary alicyclic amines) is 1. The SMILES string of the molecule is CC.CC(=O)N1CC2(CC1C(=O)NC(C)C(=O)C(=O)NCC=O)SCCCS2.CCCC.CCCCC(CCC)(NC(=O)NCC(C)(C)CC)C(CC)S(C)(=O)=O. The lowest BCUT2D eigenvalue weighted by Gasteiger charge is -2.41. The van der Waals surface area contributed by atoms with Gasteiger partial charge in [-0.25, -0.2) is 13.2 Å². The molecule has 2 heterocycles. The molecule has 2 fully saturated rings. The van der Waals surface area contributed by atoms with E-state index in [0.717, 1.165) is 43.6 Å². The summed E-state index contributed by atoms with van der Waals surface area (Å²) in [5.41, 5.74) is -0.678. The van der Waals surface area contributed by atoms with Gasteiger partial charge in [0.25, 0.3) is 5.91 Å². The van der Waals surface area contributed by atoms with E-state index in [1.165, 1.54) is 32.9 Å². The van der Waals surface area contributed by atoms with Crippen LogP contribution in [0.2, 0.25) is 0 Å². The lowest BCUT2D eigenvalue weighted by atomic mass is 9.83. The number of urea groups is 1.